The lowest BCUT2D eigenvalue weighted by molar-refractivity contribution is -0.141. The number of carbonyl (C=O) groups is 1. The van der Waals surface area contributed by atoms with Gasteiger partial charge in [0.2, 0.25) is 0 Å². The second-order valence-corrected chi connectivity index (χ2v) is 4.99. The first-order valence-corrected chi connectivity index (χ1v) is 6.65. The molecule has 1 aromatic rings. The molecule has 4 nitrogen and oxygen atoms in total. The average Bonchev–Trinajstić information content (AvgIpc) is 2.45. The molecule has 21 heavy (non-hydrogen) atoms. The van der Waals surface area contributed by atoms with Crippen LogP contribution in [0.25, 0.3) is 0 Å². The van der Waals surface area contributed by atoms with Gasteiger partial charge in [0, 0.05) is 6.54 Å². The van der Waals surface area contributed by atoms with Crippen molar-refractivity contribution in [2.45, 2.75) is 25.4 Å². The van der Waals surface area contributed by atoms with Gasteiger partial charge in [-0.25, -0.2) is 4.98 Å². The molecule has 0 fully saturated rings. The van der Waals surface area contributed by atoms with Crippen molar-refractivity contribution in [3.63, 3.8) is 0 Å². The van der Waals surface area contributed by atoms with Gasteiger partial charge in [-0.05, 0) is 37.3 Å². The van der Waals surface area contributed by atoms with Gasteiger partial charge in [0.25, 0.3) is 5.91 Å². The van der Waals surface area contributed by atoms with Crippen LogP contribution in [0.4, 0.5) is 19.0 Å². The third kappa shape index (κ3) is 3.96. The van der Waals surface area contributed by atoms with Crippen LogP contribution in [0, 0.1) is 5.92 Å². The van der Waals surface area contributed by atoms with Gasteiger partial charge in [-0.1, -0.05) is 12.2 Å². The van der Waals surface area contributed by atoms with Crippen molar-refractivity contribution in [2.75, 3.05) is 11.9 Å². The van der Waals surface area contributed by atoms with Crippen molar-refractivity contribution in [1.82, 2.24) is 4.98 Å². The highest BCUT2D eigenvalue weighted by molar-refractivity contribution is 5.97. The number of aromatic nitrogens is 1. The van der Waals surface area contributed by atoms with Crippen LogP contribution >= 0.6 is 0 Å². The monoisotopic (exact) mass is 299 g/mol. The zero-order chi connectivity index (χ0) is 15.5. The maximum absolute atomic E-state index is 12.7. The Balaban J connectivity index is 2.18. The Morgan fingerprint density at radius 2 is 2.14 bits per heavy atom. The molecule has 1 aliphatic rings. The molecule has 1 amide bonds. The number of halogens is 3. The first-order chi connectivity index (χ1) is 9.88. The minimum Gasteiger partial charge on any atom is -0.369 e. The molecule has 0 bridgehead atoms. The third-order valence-corrected chi connectivity index (χ3v) is 3.39. The number of alkyl halides is 3. The smallest absolute Gasteiger partial charge is 0.369 e. The summed E-state index contributed by atoms with van der Waals surface area (Å²) in [5, 5.41) is 2.83. The van der Waals surface area contributed by atoms with Crippen LogP contribution in [0.5, 0.6) is 0 Å². The average molecular weight is 299 g/mol. The maximum Gasteiger partial charge on any atom is 0.433 e. The fourth-order valence-electron chi connectivity index (χ4n) is 2.23. The number of anilines is 1. The molecule has 1 aliphatic carbocycles. The molecule has 2 rings (SSSR count). The van der Waals surface area contributed by atoms with Crippen LogP contribution < -0.4 is 11.1 Å². The van der Waals surface area contributed by atoms with E-state index in [-0.39, 0.29) is 11.4 Å². The van der Waals surface area contributed by atoms with E-state index < -0.39 is 17.8 Å². The number of amides is 1. The number of rotatable bonds is 4. The normalized spacial score (nSPS) is 18.5. The van der Waals surface area contributed by atoms with Crippen molar-refractivity contribution < 1.29 is 18.0 Å². The fourth-order valence-corrected chi connectivity index (χ4v) is 2.23. The molecule has 7 heteroatoms. The lowest BCUT2D eigenvalue weighted by Crippen LogP contribution is -2.21. The van der Waals surface area contributed by atoms with Crippen molar-refractivity contribution in [1.29, 1.82) is 0 Å². The van der Waals surface area contributed by atoms with Crippen molar-refractivity contribution in [3.8, 4) is 0 Å². The largest absolute Gasteiger partial charge is 0.433 e. The molecule has 114 valence electrons. The second-order valence-electron chi connectivity index (χ2n) is 4.99. The molecule has 0 spiro atoms. The Labute approximate surface area is 120 Å². The predicted octanol–water partition coefficient (Wildman–Crippen LogP) is 2.97. The molecule has 0 radical (unpaired) electrons. The van der Waals surface area contributed by atoms with E-state index in [1.807, 2.05) is 6.08 Å². The molecule has 1 aromatic heterocycles. The number of nitrogens with one attached hydrogen (secondary N) is 1. The lowest BCUT2D eigenvalue weighted by atomic mass is 9.94. The Hall–Kier alpha value is -2.05. The summed E-state index contributed by atoms with van der Waals surface area (Å²) < 4.78 is 38.0. The Morgan fingerprint density at radius 1 is 1.38 bits per heavy atom. The highest BCUT2D eigenvalue weighted by Crippen LogP contribution is 2.29. The van der Waals surface area contributed by atoms with E-state index in [2.05, 4.69) is 16.4 Å². The number of primary amides is 1. The van der Waals surface area contributed by atoms with Gasteiger partial charge in [-0.3, -0.25) is 4.79 Å². The third-order valence-electron chi connectivity index (χ3n) is 3.39. The molecular formula is C14H16F3N3O. The molecular weight excluding hydrogens is 283 g/mol. The van der Waals surface area contributed by atoms with Gasteiger partial charge in [-0.15, -0.1) is 0 Å². The second kappa shape index (κ2) is 6.15. The van der Waals surface area contributed by atoms with Crippen molar-refractivity contribution in [3.05, 3.63) is 35.5 Å². The number of nitrogens with two attached hydrogens (primary N) is 1. The molecule has 1 unspecified atom stereocenters. The SMILES string of the molecule is NC(=O)c1ccc(C(F)(F)F)nc1NCC1CC=CCC1. The van der Waals surface area contributed by atoms with E-state index >= 15 is 0 Å². The van der Waals surface area contributed by atoms with Crippen LogP contribution in [0.3, 0.4) is 0 Å². The first kappa shape index (κ1) is 15.3. The van der Waals surface area contributed by atoms with Gasteiger partial charge < -0.3 is 11.1 Å². The summed E-state index contributed by atoms with van der Waals surface area (Å²) in [6, 6.07) is 1.82. The molecule has 3 N–H and O–H groups in total. The summed E-state index contributed by atoms with van der Waals surface area (Å²) in [6.07, 6.45) is 2.33. The quantitative estimate of drug-likeness (QED) is 0.840. The zero-order valence-electron chi connectivity index (χ0n) is 11.3. The summed E-state index contributed by atoms with van der Waals surface area (Å²) in [4.78, 5) is 14.8. The topological polar surface area (TPSA) is 68.0 Å². The van der Waals surface area contributed by atoms with E-state index in [0.29, 0.717) is 12.5 Å². The van der Waals surface area contributed by atoms with Crippen molar-refractivity contribution >= 4 is 11.7 Å². The number of carbonyl (C=O) groups excluding carboxylic acids is 1. The summed E-state index contributed by atoms with van der Waals surface area (Å²) in [5.74, 6) is -0.596. The predicted molar refractivity (Wildman–Crippen MR) is 72.7 cm³/mol. The summed E-state index contributed by atoms with van der Waals surface area (Å²) >= 11 is 0. The van der Waals surface area contributed by atoms with E-state index in [0.717, 1.165) is 31.4 Å². The highest BCUT2D eigenvalue weighted by atomic mass is 19.4. The van der Waals surface area contributed by atoms with Crippen LogP contribution in [-0.2, 0) is 6.18 Å². The first-order valence-electron chi connectivity index (χ1n) is 6.65. The van der Waals surface area contributed by atoms with Gasteiger partial charge >= 0.3 is 6.18 Å². The summed E-state index contributed by atoms with van der Waals surface area (Å²) in [7, 11) is 0. The van der Waals surface area contributed by atoms with Crippen LogP contribution in [0.15, 0.2) is 24.3 Å². The molecule has 1 heterocycles. The molecule has 0 saturated heterocycles. The van der Waals surface area contributed by atoms with Gasteiger partial charge in [0.15, 0.2) is 0 Å². The van der Waals surface area contributed by atoms with E-state index in [9.17, 15) is 18.0 Å². The maximum atomic E-state index is 12.7. The fraction of sp³-hybridized carbons (Fsp3) is 0.429. The minimum atomic E-state index is -4.56. The summed E-state index contributed by atoms with van der Waals surface area (Å²) in [6.45, 7) is 0.457. The number of hydrogen-bond donors (Lipinski definition) is 2. The number of allylic oxidation sites excluding steroid dienone is 2. The molecule has 0 aromatic carbocycles. The highest BCUT2D eigenvalue weighted by Gasteiger charge is 2.33. The Kier molecular flexibility index (Phi) is 4.50. The molecule has 0 saturated carbocycles. The Morgan fingerprint density at radius 3 is 2.71 bits per heavy atom. The van der Waals surface area contributed by atoms with Crippen LogP contribution in [-0.4, -0.2) is 17.4 Å². The molecule has 0 aliphatic heterocycles. The minimum absolute atomic E-state index is 0.0330. The van der Waals surface area contributed by atoms with Gasteiger partial charge in [-0.2, -0.15) is 13.2 Å². The van der Waals surface area contributed by atoms with E-state index in [1.165, 1.54) is 0 Å². The molecule has 1 atom stereocenters. The number of pyridine rings is 1. The standard InChI is InChI=1S/C14H16F3N3O/c15-14(16,17)11-7-6-10(12(18)21)13(20-11)19-8-9-4-2-1-3-5-9/h1-2,6-7,9H,3-5,8H2,(H2,18,21)(H,19,20). The van der Waals surface area contributed by atoms with E-state index in [4.69, 9.17) is 5.73 Å². The van der Waals surface area contributed by atoms with E-state index in [1.54, 1.807) is 0 Å². The lowest BCUT2D eigenvalue weighted by Gasteiger charge is -2.19. The van der Waals surface area contributed by atoms with Gasteiger partial charge in [0.1, 0.15) is 11.5 Å². The van der Waals surface area contributed by atoms with Crippen molar-refractivity contribution in [2.24, 2.45) is 11.7 Å². The van der Waals surface area contributed by atoms with Crippen LogP contribution in [0.1, 0.15) is 35.3 Å². The van der Waals surface area contributed by atoms with Crippen LogP contribution in [0.2, 0.25) is 0 Å². The van der Waals surface area contributed by atoms with Gasteiger partial charge in [0.05, 0.1) is 5.56 Å². The number of hydrogen-bond acceptors (Lipinski definition) is 3. The Bertz CT molecular complexity index is 555. The number of nitrogens with zero attached hydrogens (tertiary/aromatic N) is 1. The summed E-state index contributed by atoms with van der Waals surface area (Å²) in [5.41, 5.74) is 4.10. The zero-order valence-corrected chi connectivity index (χ0v) is 11.3.